The zero-order valence-electron chi connectivity index (χ0n) is 11.5. The van der Waals surface area contributed by atoms with Gasteiger partial charge in [0.25, 0.3) is 0 Å². The van der Waals surface area contributed by atoms with Gasteiger partial charge in [-0.1, -0.05) is 12.1 Å². The smallest absolute Gasteiger partial charge is 0.230 e. The third-order valence-electron chi connectivity index (χ3n) is 3.52. The van der Waals surface area contributed by atoms with Gasteiger partial charge in [0.1, 0.15) is 5.75 Å². The van der Waals surface area contributed by atoms with E-state index in [4.69, 9.17) is 4.42 Å². The predicted octanol–water partition coefficient (Wildman–Crippen LogP) is 1.41. The second kappa shape index (κ2) is 5.50. The molecule has 1 fully saturated rings. The molecule has 1 aromatic carbocycles. The molecule has 6 nitrogen and oxygen atoms in total. The van der Waals surface area contributed by atoms with Crippen LogP contribution in [0.1, 0.15) is 11.8 Å². The number of rotatable bonds is 3. The van der Waals surface area contributed by atoms with Gasteiger partial charge in [-0.2, -0.15) is 0 Å². The normalized spacial score (nSPS) is 16.6. The highest BCUT2D eigenvalue weighted by molar-refractivity contribution is 5.57. The van der Waals surface area contributed by atoms with Crippen LogP contribution in [0, 0.1) is 6.92 Å². The Labute approximate surface area is 117 Å². The molecular weight excluding hydrogens is 256 g/mol. The molecule has 2 heterocycles. The maximum Gasteiger partial charge on any atom is 0.230 e. The molecule has 0 aliphatic carbocycles. The molecule has 6 heteroatoms. The first-order valence-corrected chi connectivity index (χ1v) is 6.76. The Morgan fingerprint density at radius 1 is 1.15 bits per heavy atom. The number of anilines is 1. The fraction of sp³-hybridized carbons (Fsp3) is 0.429. The summed E-state index contributed by atoms with van der Waals surface area (Å²) in [6, 6.07) is 7.46. The monoisotopic (exact) mass is 274 g/mol. The Kier molecular flexibility index (Phi) is 3.56. The van der Waals surface area contributed by atoms with Crippen LogP contribution in [-0.2, 0) is 6.54 Å². The van der Waals surface area contributed by atoms with Crippen molar-refractivity contribution in [1.82, 2.24) is 15.1 Å². The second-order valence-corrected chi connectivity index (χ2v) is 4.97. The van der Waals surface area contributed by atoms with E-state index in [0.29, 0.717) is 24.1 Å². The van der Waals surface area contributed by atoms with Crippen LogP contribution in [0.3, 0.4) is 0 Å². The third kappa shape index (κ3) is 2.75. The zero-order chi connectivity index (χ0) is 13.9. The van der Waals surface area contributed by atoms with Gasteiger partial charge in [0.15, 0.2) is 0 Å². The van der Waals surface area contributed by atoms with Crippen molar-refractivity contribution >= 4 is 5.69 Å². The van der Waals surface area contributed by atoms with Gasteiger partial charge in [-0.15, -0.1) is 10.2 Å². The third-order valence-corrected chi connectivity index (χ3v) is 3.52. The van der Waals surface area contributed by atoms with E-state index >= 15 is 0 Å². The quantitative estimate of drug-likeness (QED) is 0.913. The second-order valence-electron chi connectivity index (χ2n) is 4.97. The summed E-state index contributed by atoms with van der Waals surface area (Å²) in [6.45, 7) is 6.07. The minimum absolute atomic E-state index is 0.341. The van der Waals surface area contributed by atoms with Crippen molar-refractivity contribution in [2.75, 3.05) is 31.1 Å². The van der Waals surface area contributed by atoms with Gasteiger partial charge in [0, 0.05) is 33.1 Å². The molecule has 0 radical (unpaired) electrons. The van der Waals surface area contributed by atoms with Gasteiger partial charge >= 0.3 is 0 Å². The number of nitrogens with zero attached hydrogens (tertiary/aromatic N) is 4. The maximum absolute atomic E-state index is 9.88. The van der Waals surface area contributed by atoms with Crippen LogP contribution in [0.5, 0.6) is 5.75 Å². The minimum atomic E-state index is 0.341. The summed E-state index contributed by atoms with van der Waals surface area (Å²) in [7, 11) is 0. The van der Waals surface area contributed by atoms with Crippen LogP contribution in [0.4, 0.5) is 5.69 Å². The van der Waals surface area contributed by atoms with E-state index in [-0.39, 0.29) is 0 Å². The van der Waals surface area contributed by atoms with Crippen molar-refractivity contribution < 1.29 is 9.52 Å². The van der Waals surface area contributed by atoms with Crippen molar-refractivity contribution in [2.45, 2.75) is 13.5 Å². The summed E-state index contributed by atoms with van der Waals surface area (Å²) >= 11 is 0. The van der Waals surface area contributed by atoms with Crippen LogP contribution in [0.15, 0.2) is 28.7 Å². The Morgan fingerprint density at radius 3 is 2.55 bits per heavy atom. The number of aromatic nitrogens is 2. The molecule has 1 N–H and O–H groups in total. The summed E-state index contributed by atoms with van der Waals surface area (Å²) in [6.07, 6.45) is 0. The van der Waals surface area contributed by atoms with E-state index in [0.717, 1.165) is 31.9 Å². The lowest BCUT2D eigenvalue weighted by Gasteiger charge is -2.35. The van der Waals surface area contributed by atoms with Crippen molar-refractivity contribution in [3.8, 4) is 5.75 Å². The Morgan fingerprint density at radius 2 is 1.90 bits per heavy atom. The van der Waals surface area contributed by atoms with Crippen molar-refractivity contribution in [3.05, 3.63) is 36.0 Å². The number of aryl methyl sites for hydroxylation is 1. The first kappa shape index (κ1) is 12.9. The minimum Gasteiger partial charge on any atom is -0.506 e. The number of phenols is 1. The summed E-state index contributed by atoms with van der Waals surface area (Å²) in [4.78, 5) is 4.48. The largest absolute Gasteiger partial charge is 0.506 e. The van der Waals surface area contributed by atoms with Gasteiger partial charge in [-0.3, -0.25) is 4.90 Å². The lowest BCUT2D eigenvalue weighted by Crippen LogP contribution is -2.46. The van der Waals surface area contributed by atoms with Crippen molar-refractivity contribution in [2.24, 2.45) is 0 Å². The highest BCUT2D eigenvalue weighted by atomic mass is 16.4. The Bertz CT molecular complexity index is 576. The first-order chi connectivity index (χ1) is 9.72. The van der Waals surface area contributed by atoms with Gasteiger partial charge in [-0.25, -0.2) is 0 Å². The number of hydrogen-bond acceptors (Lipinski definition) is 6. The number of para-hydroxylation sites is 2. The van der Waals surface area contributed by atoms with Crippen molar-refractivity contribution in [3.63, 3.8) is 0 Å². The molecule has 0 spiro atoms. The molecule has 1 aliphatic rings. The fourth-order valence-corrected chi connectivity index (χ4v) is 2.47. The predicted molar refractivity (Wildman–Crippen MR) is 74.6 cm³/mol. The topological polar surface area (TPSA) is 65.6 Å². The first-order valence-electron chi connectivity index (χ1n) is 6.76. The lowest BCUT2D eigenvalue weighted by atomic mass is 10.2. The highest BCUT2D eigenvalue weighted by Crippen LogP contribution is 2.27. The van der Waals surface area contributed by atoms with Crippen LogP contribution in [0.25, 0.3) is 0 Å². The van der Waals surface area contributed by atoms with Crippen LogP contribution in [0.2, 0.25) is 0 Å². The molecular formula is C14H18N4O2. The van der Waals surface area contributed by atoms with Crippen LogP contribution in [-0.4, -0.2) is 46.4 Å². The summed E-state index contributed by atoms with van der Waals surface area (Å²) in [5, 5.41) is 17.7. The molecule has 3 rings (SSSR count). The molecule has 0 unspecified atom stereocenters. The number of benzene rings is 1. The molecule has 106 valence electrons. The number of aromatic hydroxyl groups is 1. The SMILES string of the molecule is Cc1nnc(CN2CCN(c3ccccc3O)CC2)o1. The van der Waals surface area contributed by atoms with E-state index in [1.807, 2.05) is 18.2 Å². The Hall–Kier alpha value is -2.08. The molecule has 20 heavy (non-hydrogen) atoms. The van der Waals surface area contributed by atoms with Gasteiger partial charge in [0.2, 0.25) is 11.8 Å². The molecule has 1 aliphatic heterocycles. The molecule has 0 bridgehead atoms. The standard InChI is InChI=1S/C14H18N4O2/c1-11-15-16-14(20-11)10-17-6-8-18(9-7-17)12-4-2-3-5-13(12)19/h2-5,19H,6-10H2,1H3. The zero-order valence-corrected chi connectivity index (χ0v) is 11.5. The summed E-state index contributed by atoms with van der Waals surface area (Å²) < 4.78 is 5.40. The van der Waals surface area contributed by atoms with Gasteiger partial charge in [0.05, 0.1) is 12.2 Å². The Balaban J connectivity index is 1.58. The molecule has 1 saturated heterocycles. The lowest BCUT2D eigenvalue weighted by molar-refractivity contribution is 0.224. The number of piperazine rings is 1. The van der Waals surface area contributed by atoms with E-state index in [1.165, 1.54) is 0 Å². The van der Waals surface area contributed by atoms with E-state index in [2.05, 4.69) is 20.0 Å². The van der Waals surface area contributed by atoms with Crippen LogP contribution >= 0.6 is 0 Å². The van der Waals surface area contributed by atoms with Gasteiger partial charge in [-0.05, 0) is 12.1 Å². The molecule has 0 amide bonds. The summed E-state index contributed by atoms with van der Waals surface area (Å²) in [5.74, 6) is 1.61. The number of phenolic OH excluding ortho intramolecular Hbond substituents is 1. The molecule has 0 atom stereocenters. The average molecular weight is 274 g/mol. The van der Waals surface area contributed by atoms with E-state index in [1.54, 1.807) is 13.0 Å². The molecule has 1 aromatic heterocycles. The molecule has 2 aromatic rings. The van der Waals surface area contributed by atoms with E-state index < -0.39 is 0 Å². The van der Waals surface area contributed by atoms with Crippen molar-refractivity contribution in [1.29, 1.82) is 0 Å². The van der Waals surface area contributed by atoms with E-state index in [9.17, 15) is 5.11 Å². The van der Waals surface area contributed by atoms with Gasteiger partial charge < -0.3 is 14.4 Å². The summed E-state index contributed by atoms with van der Waals surface area (Å²) in [5.41, 5.74) is 0.904. The fourth-order valence-electron chi connectivity index (χ4n) is 2.47. The molecule has 0 saturated carbocycles. The maximum atomic E-state index is 9.88. The van der Waals surface area contributed by atoms with Crippen LogP contribution < -0.4 is 4.90 Å². The number of hydrogen-bond donors (Lipinski definition) is 1. The highest BCUT2D eigenvalue weighted by Gasteiger charge is 2.20. The average Bonchev–Trinajstić information content (AvgIpc) is 2.86.